The molecule has 1 aliphatic rings. The molecule has 1 aliphatic heterocycles. The monoisotopic (exact) mass is 488 g/mol. The number of aliphatic hydroxyl groups is 1. The average Bonchev–Trinajstić information content (AvgIpc) is 3.40. The molecule has 3 N–H and O–H groups in total. The van der Waals surface area contributed by atoms with Crippen LogP contribution < -0.4 is 15.0 Å². The quantitative estimate of drug-likeness (QED) is 0.330. The minimum atomic E-state index is -0.589. The van der Waals surface area contributed by atoms with Gasteiger partial charge in [-0.05, 0) is 44.2 Å². The van der Waals surface area contributed by atoms with E-state index in [9.17, 15) is 5.11 Å². The largest absolute Gasteiger partial charge is 0.491 e. The summed E-state index contributed by atoms with van der Waals surface area (Å²) >= 11 is 0. The van der Waals surface area contributed by atoms with Crippen molar-refractivity contribution in [3.63, 3.8) is 0 Å². The molecule has 1 saturated heterocycles. The number of aromatic amines is 1. The number of rotatable bonds is 9. The summed E-state index contributed by atoms with van der Waals surface area (Å²) < 4.78 is 11.4. The van der Waals surface area contributed by atoms with E-state index in [0.29, 0.717) is 24.2 Å². The first kappa shape index (κ1) is 24.2. The Bertz CT molecular complexity index is 1300. The normalized spacial score (nSPS) is 15.2. The molecule has 1 atom stereocenters. The third-order valence-electron chi connectivity index (χ3n) is 6.48. The molecule has 0 aliphatic carbocycles. The molecular weight excluding hydrogens is 456 g/mol. The van der Waals surface area contributed by atoms with Crippen LogP contribution in [-0.2, 0) is 4.74 Å². The Morgan fingerprint density at radius 3 is 2.86 bits per heavy atom. The molecule has 4 heterocycles. The third kappa shape index (κ3) is 5.48. The topological polar surface area (TPSA) is 108 Å². The summed E-state index contributed by atoms with van der Waals surface area (Å²) in [6.07, 6.45) is 5.05. The van der Waals surface area contributed by atoms with Crippen molar-refractivity contribution in [2.24, 2.45) is 0 Å². The van der Waals surface area contributed by atoms with Crippen LogP contribution in [0, 0.1) is 0 Å². The van der Waals surface area contributed by atoms with E-state index < -0.39 is 6.10 Å². The highest BCUT2D eigenvalue weighted by molar-refractivity contribution is 5.81. The summed E-state index contributed by atoms with van der Waals surface area (Å²) in [4.78, 5) is 19.8. The Hall–Kier alpha value is -3.53. The van der Waals surface area contributed by atoms with Crippen LogP contribution in [0.1, 0.15) is 12.8 Å². The van der Waals surface area contributed by atoms with Crippen molar-refractivity contribution in [1.29, 1.82) is 0 Å². The van der Waals surface area contributed by atoms with Crippen LogP contribution in [0.2, 0.25) is 0 Å². The number of hydrogen-bond acceptors (Lipinski definition) is 8. The van der Waals surface area contributed by atoms with Gasteiger partial charge >= 0.3 is 0 Å². The molecule has 36 heavy (non-hydrogen) atoms. The molecule has 5 rings (SSSR count). The summed E-state index contributed by atoms with van der Waals surface area (Å²) in [6, 6.07) is 14.2. The van der Waals surface area contributed by atoms with Gasteiger partial charge in [-0.15, -0.1) is 0 Å². The summed E-state index contributed by atoms with van der Waals surface area (Å²) in [5, 5.41) is 14.0. The van der Waals surface area contributed by atoms with Gasteiger partial charge in [-0.25, -0.2) is 15.0 Å². The van der Waals surface area contributed by atoms with Crippen LogP contribution in [0.4, 0.5) is 5.82 Å². The molecule has 3 aromatic heterocycles. The summed E-state index contributed by atoms with van der Waals surface area (Å²) in [5.41, 5.74) is 3.42. The molecule has 0 spiro atoms. The summed E-state index contributed by atoms with van der Waals surface area (Å²) in [5.74, 6) is 2.12. The minimum Gasteiger partial charge on any atom is -0.491 e. The maximum absolute atomic E-state index is 10.0. The Morgan fingerprint density at radius 2 is 2.03 bits per heavy atom. The van der Waals surface area contributed by atoms with Crippen LogP contribution >= 0.6 is 0 Å². The maximum Gasteiger partial charge on any atom is 0.162 e. The van der Waals surface area contributed by atoms with Gasteiger partial charge in [0, 0.05) is 67.8 Å². The fourth-order valence-electron chi connectivity index (χ4n) is 4.44. The fourth-order valence-corrected chi connectivity index (χ4v) is 4.44. The molecule has 1 aromatic carbocycles. The number of aliphatic hydroxyl groups excluding tert-OH is 1. The van der Waals surface area contributed by atoms with Crippen LogP contribution in [0.15, 0.2) is 54.9 Å². The van der Waals surface area contributed by atoms with Gasteiger partial charge in [0.2, 0.25) is 0 Å². The van der Waals surface area contributed by atoms with Crippen molar-refractivity contribution in [3.8, 4) is 28.4 Å². The van der Waals surface area contributed by atoms with Gasteiger partial charge in [0.15, 0.2) is 5.82 Å². The highest BCUT2D eigenvalue weighted by Gasteiger charge is 2.21. The lowest BCUT2D eigenvalue weighted by molar-refractivity contribution is 0.0853. The standard InChI is InChI=1S/C27H32N6O3/c1-28-16-22(34)17-36-23-5-3-4-18(13-23)27-31-24(20-12-19-6-9-29-26(19)30-15-20)14-25(32-27)33(2)21-7-10-35-11-8-21/h3-6,9,12-15,21-22,28,34H,7-8,10-11,16-17H2,1-2H3,(H,29,30). The Labute approximate surface area is 210 Å². The molecule has 1 fully saturated rings. The number of nitrogens with one attached hydrogen (secondary N) is 2. The van der Waals surface area contributed by atoms with Crippen LogP contribution in [0.5, 0.6) is 5.75 Å². The first-order valence-corrected chi connectivity index (χ1v) is 12.3. The van der Waals surface area contributed by atoms with Crippen molar-refractivity contribution in [3.05, 3.63) is 54.9 Å². The predicted molar refractivity (Wildman–Crippen MR) is 140 cm³/mol. The number of aromatic nitrogens is 4. The molecule has 9 nitrogen and oxygen atoms in total. The van der Waals surface area contributed by atoms with E-state index in [2.05, 4.69) is 33.3 Å². The lowest BCUT2D eigenvalue weighted by Crippen LogP contribution is -2.37. The van der Waals surface area contributed by atoms with Crippen molar-refractivity contribution in [2.45, 2.75) is 25.0 Å². The number of benzene rings is 1. The molecule has 0 saturated carbocycles. The highest BCUT2D eigenvalue weighted by atomic mass is 16.5. The lowest BCUT2D eigenvalue weighted by atomic mass is 10.1. The number of ether oxygens (including phenoxy) is 2. The molecule has 4 aromatic rings. The molecule has 0 bridgehead atoms. The summed E-state index contributed by atoms with van der Waals surface area (Å²) in [6.45, 7) is 2.18. The van der Waals surface area contributed by atoms with Crippen LogP contribution in [-0.4, -0.2) is 77.6 Å². The summed E-state index contributed by atoms with van der Waals surface area (Å²) in [7, 11) is 3.88. The van der Waals surface area contributed by atoms with Gasteiger partial charge < -0.3 is 29.8 Å². The maximum atomic E-state index is 10.0. The zero-order chi connectivity index (χ0) is 24.9. The molecule has 188 valence electrons. The lowest BCUT2D eigenvalue weighted by Gasteiger charge is -2.32. The Morgan fingerprint density at radius 1 is 1.17 bits per heavy atom. The van der Waals surface area contributed by atoms with E-state index in [1.807, 2.05) is 48.8 Å². The van der Waals surface area contributed by atoms with Crippen molar-refractivity contribution >= 4 is 16.9 Å². The first-order chi connectivity index (χ1) is 17.6. The number of likely N-dealkylation sites (N-methyl/N-ethyl adjacent to an activating group) is 1. The highest BCUT2D eigenvalue weighted by Crippen LogP contribution is 2.30. The number of H-pyrrole nitrogens is 1. The SMILES string of the molecule is CNCC(O)COc1cccc(-c2nc(-c3cnc4[nH]ccc4c3)cc(N(C)C3CCOCC3)n2)c1. The Balaban J connectivity index is 1.51. The number of pyridine rings is 1. The van der Waals surface area contributed by atoms with E-state index in [1.165, 1.54) is 0 Å². The molecule has 1 unspecified atom stereocenters. The van der Waals surface area contributed by atoms with E-state index in [-0.39, 0.29) is 6.61 Å². The van der Waals surface area contributed by atoms with E-state index in [0.717, 1.165) is 59.7 Å². The number of fused-ring (bicyclic) bond motifs is 1. The predicted octanol–water partition coefficient (Wildman–Crippen LogP) is 3.26. The van der Waals surface area contributed by atoms with Gasteiger partial charge in [-0.2, -0.15) is 0 Å². The molecule has 0 radical (unpaired) electrons. The third-order valence-corrected chi connectivity index (χ3v) is 6.48. The van der Waals surface area contributed by atoms with Crippen molar-refractivity contribution in [1.82, 2.24) is 25.3 Å². The van der Waals surface area contributed by atoms with Gasteiger partial charge in [-0.3, -0.25) is 0 Å². The van der Waals surface area contributed by atoms with Gasteiger partial charge in [-0.1, -0.05) is 12.1 Å². The van der Waals surface area contributed by atoms with Crippen LogP contribution in [0.25, 0.3) is 33.7 Å². The first-order valence-electron chi connectivity index (χ1n) is 12.3. The average molecular weight is 489 g/mol. The number of hydrogen-bond donors (Lipinski definition) is 3. The second-order valence-corrected chi connectivity index (χ2v) is 9.08. The molecule has 9 heteroatoms. The van der Waals surface area contributed by atoms with Gasteiger partial charge in [0.1, 0.15) is 29.9 Å². The fraction of sp³-hybridized carbons (Fsp3) is 0.370. The number of anilines is 1. The van der Waals surface area contributed by atoms with Crippen molar-refractivity contribution < 1.29 is 14.6 Å². The van der Waals surface area contributed by atoms with E-state index in [4.69, 9.17) is 19.4 Å². The zero-order valence-electron chi connectivity index (χ0n) is 20.6. The van der Waals surface area contributed by atoms with Gasteiger partial charge in [0.05, 0.1) is 5.69 Å². The zero-order valence-corrected chi connectivity index (χ0v) is 20.6. The Kier molecular flexibility index (Phi) is 7.41. The second kappa shape index (κ2) is 11.0. The van der Waals surface area contributed by atoms with E-state index >= 15 is 0 Å². The second-order valence-electron chi connectivity index (χ2n) is 9.08. The van der Waals surface area contributed by atoms with E-state index in [1.54, 1.807) is 7.05 Å². The molecular formula is C27H32N6O3. The smallest absolute Gasteiger partial charge is 0.162 e. The minimum absolute atomic E-state index is 0.200. The number of nitrogens with zero attached hydrogens (tertiary/aromatic N) is 4. The molecule has 0 amide bonds. The van der Waals surface area contributed by atoms with Crippen molar-refractivity contribution in [2.75, 3.05) is 45.4 Å². The van der Waals surface area contributed by atoms with Crippen LogP contribution in [0.3, 0.4) is 0 Å². The van der Waals surface area contributed by atoms with Gasteiger partial charge in [0.25, 0.3) is 0 Å².